The van der Waals surface area contributed by atoms with Crippen LogP contribution in [-0.4, -0.2) is 12.4 Å². The van der Waals surface area contributed by atoms with Gasteiger partial charge in [0, 0.05) is 23.5 Å². The summed E-state index contributed by atoms with van der Waals surface area (Å²) in [5.41, 5.74) is 1.19. The Balaban J connectivity index is 2.09. The van der Waals surface area contributed by atoms with Gasteiger partial charge in [-0.1, -0.05) is 36.4 Å². The molecule has 0 amide bonds. The minimum Gasteiger partial charge on any atom is -0.385 e. The Bertz CT molecular complexity index is 706. The van der Waals surface area contributed by atoms with Crippen LogP contribution >= 0.6 is 11.6 Å². The molecule has 0 unspecified atom stereocenters. The van der Waals surface area contributed by atoms with E-state index in [0.29, 0.717) is 5.88 Å². The number of nitrogens with one attached hydrogen (secondary N) is 1. The molecule has 96 valence electrons. The fourth-order valence-corrected chi connectivity index (χ4v) is 2.54. The van der Waals surface area contributed by atoms with Crippen molar-refractivity contribution in [3.05, 3.63) is 54.6 Å². The molecule has 2 heteroatoms. The molecule has 0 saturated heterocycles. The largest absolute Gasteiger partial charge is 0.385 e. The lowest BCUT2D eigenvalue weighted by Gasteiger charge is -2.10. The third-order valence-electron chi connectivity index (χ3n) is 3.37. The summed E-state index contributed by atoms with van der Waals surface area (Å²) in [6, 6.07) is 19.4. The van der Waals surface area contributed by atoms with E-state index in [-0.39, 0.29) is 0 Å². The van der Waals surface area contributed by atoms with Gasteiger partial charge in [0.25, 0.3) is 0 Å². The van der Waals surface area contributed by atoms with Gasteiger partial charge >= 0.3 is 0 Å². The van der Waals surface area contributed by atoms with E-state index in [4.69, 9.17) is 11.6 Å². The van der Waals surface area contributed by atoms with Gasteiger partial charge in [-0.05, 0) is 40.8 Å². The second kappa shape index (κ2) is 5.50. The van der Waals surface area contributed by atoms with Crippen LogP contribution in [0.15, 0.2) is 54.6 Å². The van der Waals surface area contributed by atoms with E-state index in [9.17, 15) is 0 Å². The summed E-state index contributed by atoms with van der Waals surface area (Å²) in [6.07, 6.45) is 0.978. The smallest absolute Gasteiger partial charge is 0.0420 e. The van der Waals surface area contributed by atoms with Gasteiger partial charge in [-0.2, -0.15) is 0 Å². The third-order valence-corrected chi connectivity index (χ3v) is 3.64. The zero-order chi connectivity index (χ0) is 13.1. The van der Waals surface area contributed by atoms with E-state index >= 15 is 0 Å². The molecule has 0 aliphatic rings. The van der Waals surface area contributed by atoms with Crippen molar-refractivity contribution in [2.24, 2.45) is 0 Å². The van der Waals surface area contributed by atoms with Crippen LogP contribution in [0.5, 0.6) is 0 Å². The van der Waals surface area contributed by atoms with E-state index in [1.807, 2.05) is 0 Å². The predicted octanol–water partition coefficient (Wildman–Crippen LogP) is 5.03. The van der Waals surface area contributed by atoms with Crippen LogP contribution in [0.2, 0.25) is 0 Å². The highest BCUT2D eigenvalue weighted by molar-refractivity contribution is 6.17. The summed E-state index contributed by atoms with van der Waals surface area (Å²) in [6.45, 7) is 0.912. The standard InChI is InChI=1S/C17H16ClN/c18-9-4-10-19-17-8-3-7-15-11-13-5-1-2-6-14(13)12-16(15)17/h1-3,5-8,11-12,19H,4,9-10H2. The van der Waals surface area contributed by atoms with E-state index in [0.717, 1.165) is 13.0 Å². The Morgan fingerprint density at radius 3 is 2.37 bits per heavy atom. The number of anilines is 1. The van der Waals surface area contributed by atoms with Gasteiger partial charge in [-0.15, -0.1) is 11.6 Å². The number of rotatable bonds is 4. The fraction of sp³-hybridized carbons (Fsp3) is 0.176. The highest BCUT2D eigenvalue weighted by Crippen LogP contribution is 2.28. The Kier molecular flexibility index (Phi) is 3.56. The monoisotopic (exact) mass is 269 g/mol. The molecule has 3 aromatic rings. The summed E-state index contributed by atoms with van der Waals surface area (Å²) >= 11 is 5.72. The average Bonchev–Trinajstić information content (AvgIpc) is 2.46. The highest BCUT2D eigenvalue weighted by Gasteiger charge is 2.02. The number of fused-ring (bicyclic) bond motifs is 2. The molecule has 0 spiro atoms. The van der Waals surface area contributed by atoms with E-state index in [1.165, 1.54) is 27.2 Å². The van der Waals surface area contributed by atoms with Crippen LogP contribution in [0.3, 0.4) is 0 Å². The summed E-state index contributed by atoms with van der Waals surface area (Å²) in [5, 5.41) is 8.58. The van der Waals surface area contributed by atoms with Crippen molar-refractivity contribution in [2.75, 3.05) is 17.7 Å². The molecule has 0 aromatic heterocycles. The SMILES string of the molecule is ClCCCNc1cccc2cc3ccccc3cc12. The number of benzene rings is 3. The van der Waals surface area contributed by atoms with Crippen molar-refractivity contribution in [2.45, 2.75) is 6.42 Å². The van der Waals surface area contributed by atoms with E-state index in [2.05, 4.69) is 59.9 Å². The van der Waals surface area contributed by atoms with Crippen molar-refractivity contribution in [3.8, 4) is 0 Å². The molecule has 0 aliphatic carbocycles. The van der Waals surface area contributed by atoms with Crippen molar-refractivity contribution >= 4 is 38.8 Å². The number of hydrogen-bond acceptors (Lipinski definition) is 1. The first-order chi connectivity index (χ1) is 9.38. The minimum absolute atomic E-state index is 0.695. The topological polar surface area (TPSA) is 12.0 Å². The molecule has 0 bridgehead atoms. The summed E-state index contributed by atoms with van der Waals surface area (Å²) in [7, 11) is 0. The Hall–Kier alpha value is -1.73. The summed E-state index contributed by atoms with van der Waals surface area (Å²) in [4.78, 5) is 0. The van der Waals surface area contributed by atoms with Crippen molar-refractivity contribution in [1.29, 1.82) is 0 Å². The summed E-state index contributed by atoms with van der Waals surface area (Å²) < 4.78 is 0. The zero-order valence-electron chi connectivity index (χ0n) is 10.7. The van der Waals surface area contributed by atoms with E-state index < -0.39 is 0 Å². The van der Waals surface area contributed by atoms with Gasteiger partial charge < -0.3 is 5.32 Å². The molecule has 0 heterocycles. The van der Waals surface area contributed by atoms with Crippen LogP contribution in [0, 0.1) is 0 Å². The molecule has 1 N–H and O–H groups in total. The molecule has 0 fully saturated rings. The first-order valence-electron chi connectivity index (χ1n) is 6.60. The van der Waals surface area contributed by atoms with Gasteiger partial charge in [0.15, 0.2) is 0 Å². The average molecular weight is 270 g/mol. The van der Waals surface area contributed by atoms with Crippen LogP contribution < -0.4 is 5.32 Å². The molecular formula is C17H16ClN. The van der Waals surface area contributed by atoms with Crippen LogP contribution in [0.4, 0.5) is 5.69 Å². The second-order valence-corrected chi connectivity index (χ2v) is 5.07. The molecule has 3 rings (SSSR count). The van der Waals surface area contributed by atoms with Gasteiger partial charge in [0.2, 0.25) is 0 Å². The first kappa shape index (κ1) is 12.3. The molecule has 0 saturated carbocycles. The Labute approximate surface area is 118 Å². The van der Waals surface area contributed by atoms with Crippen LogP contribution in [0.1, 0.15) is 6.42 Å². The zero-order valence-corrected chi connectivity index (χ0v) is 11.5. The Morgan fingerprint density at radius 1 is 0.842 bits per heavy atom. The highest BCUT2D eigenvalue weighted by atomic mass is 35.5. The van der Waals surface area contributed by atoms with Gasteiger partial charge in [0.05, 0.1) is 0 Å². The van der Waals surface area contributed by atoms with Gasteiger partial charge in [-0.25, -0.2) is 0 Å². The maximum Gasteiger partial charge on any atom is 0.0420 e. The number of hydrogen-bond donors (Lipinski definition) is 1. The maximum atomic E-state index is 5.72. The van der Waals surface area contributed by atoms with E-state index in [1.54, 1.807) is 0 Å². The molecular weight excluding hydrogens is 254 g/mol. The molecule has 3 aromatic carbocycles. The second-order valence-electron chi connectivity index (χ2n) is 4.70. The predicted molar refractivity (Wildman–Crippen MR) is 85.3 cm³/mol. The van der Waals surface area contributed by atoms with Gasteiger partial charge in [-0.3, -0.25) is 0 Å². The molecule has 0 atom stereocenters. The van der Waals surface area contributed by atoms with Crippen LogP contribution in [-0.2, 0) is 0 Å². The molecule has 0 radical (unpaired) electrons. The van der Waals surface area contributed by atoms with Crippen molar-refractivity contribution in [3.63, 3.8) is 0 Å². The van der Waals surface area contributed by atoms with Gasteiger partial charge in [0.1, 0.15) is 0 Å². The first-order valence-corrected chi connectivity index (χ1v) is 7.13. The maximum absolute atomic E-state index is 5.72. The quantitative estimate of drug-likeness (QED) is 0.398. The van der Waals surface area contributed by atoms with Crippen molar-refractivity contribution < 1.29 is 0 Å². The lowest BCUT2D eigenvalue weighted by molar-refractivity contribution is 0.989. The Morgan fingerprint density at radius 2 is 1.58 bits per heavy atom. The van der Waals surface area contributed by atoms with Crippen molar-refractivity contribution in [1.82, 2.24) is 0 Å². The normalized spacial score (nSPS) is 11.0. The molecule has 1 nitrogen and oxygen atoms in total. The van der Waals surface area contributed by atoms with Crippen LogP contribution in [0.25, 0.3) is 21.5 Å². The molecule has 19 heavy (non-hydrogen) atoms. The number of alkyl halides is 1. The fourth-order valence-electron chi connectivity index (χ4n) is 2.41. The lowest BCUT2D eigenvalue weighted by atomic mass is 10.0. The lowest BCUT2D eigenvalue weighted by Crippen LogP contribution is -2.02. The number of halogens is 1. The third kappa shape index (κ3) is 2.52. The minimum atomic E-state index is 0.695. The summed E-state index contributed by atoms with van der Waals surface area (Å²) in [5.74, 6) is 0.695. The molecule has 0 aliphatic heterocycles.